The first kappa shape index (κ1) is 19.1. The van der Waals surface area contributed by atoms with E-state index in [1.807, 2.05) is 17.4 Å². The fourth-order valence-electron chi connectivity index (χ4n) is 2.97. The molecule has 2 aromatic rings. The van der Waals surface area contributed by atoms with Crippen LogP contribution in [0.5, 0.6) is 0 Å². The van der Waals surface area contributed by atoms with Crippen molar-refractivity contribution >= 4 is 35.1 Å². The summed E-state index contributed by atoms with van der Waals surface area (Å²) in [4.78, 5) is 37.9. The minimum atomic E-state index is -0.460. The van der Waals surface area contributed by atoms with E-state index >= 15 is 0 Å². The summed E-state index contributed by atoms with van der Waals surface area (Å²) in [6.45, 7) is 2.60. The zero-order chi connectivity index (χ0) is 19.4. The van der Waals surface area contributed by atoms with Crippen LogP contribution in [0.15, 0.2) is 48.5 Å². The van der Waals surface area contributed by atoms with Crippen molar-refractivity contribution in [2.45, 2.75) is 25.9 Å². The van der Waals surface area contributed by atoms with Gasteiger partial charge in [-0.15, -0.1) is 0 Å². The minimum absolute atomic E-state index is 0.145. The van der Waals surface area contributed by atoms with Gasteiger partial charge in [0.05, 0.1) is 24.3 Å². The summed E-state index contributed by atoms with van der Waals surface area (Å²) in [6.07, 6.45) is 0.145. The van der Waals surface area contributed by atoms with Crippen LogP contribution >= 0.6 is 11.6 Å². The topological polar surface area (TPSA) is 80.3 Å². The zero-order valence-electron chi connectivity index (χ0n) is 14.9. The molecule has 0 bridgehead atoms. The molecule has 1 atom stereocenters. The molecule has 1 saturated heterocycles. The van der Waals surface area contributed by atoms with Crippen LogP contribution < -0.4 is 10.2 Å². The molecule has 7 heteroatoms. The standard InChI is InChI=1S/C20H19ClN2O4/c1-2-27-20(26)14-5-9-16(10-6-14)23-18(24)11-17(19(23)25)22-12-13-3-7-15(21)8-4-13/h3-10,17,22H,2,11-12H2,1H3/p+1/t17-/m1/s1. The minimum Gasteiger partial charge on any atom is -0.462 e. The van der Waals surface area contributed by atoms with Crippen LogP contribution in [0.25, 0.3) is 0 Å². The first-order valence-electron chi connectivity index (χ1n) is 8.71. The van der Waals surface area contributed by atoms with E-state index in [4.69, 9.17) is 16.3 Å². The Hall–Kier alpha value is -2.70. The van der Waals surface area contributed by atoms with Gasteiger partial charge in [-0.3, -0.25) is 9.59 Å². The summed E-state index contributed by atoms with van der Waals surface area (Å²) in [5.74, 6) is -0.934. The Morgan fingerprint density at radius 2 is 1.81 bits per heavy atom. The van der Waals surface area contributed by atoms with Gasteiger partial charge < -0.3 is 10.1 Å². The lowest BCUT2D eigenvalue weighted by Gasteiger charge is -2.14. The number of hydrogen-bond acceptors (Lipinski definition) is 4. The van der Waals surface area contributed by atoms with Crippen LogP contribution in [0, 0.1) is 0 Å². The maximum absolute atomic E-state index is 12.7. The van der Waals surface area contributed by atoms with Crippen LogP contribution in [0.4, 0.5) is 5.69 Å². The van der Waals surface area contributed by atoms with Gasteiger partial charge in [-0.05, 0) is 43.3 Å². The van der Waals surface area contributed by atoms with Crippen LogP contribution in [0.1, 0.15) is 29.3 Å². The van der Waals surface area contributed by atoms with E-state index in [9.17, 15) is 14.4 Å². The Morgan fingerprint density at radius 3 is 2.44 bits per heavy atom. The highest BCUT2D eigenvalue weighted by molar-refractivity contribution is 6.30. The number of quaternary nitrogens is 1. The Bertz CT molecular complexity index is 849. The Labute approximate surface area is 162 Å². The number of rotatable bonds is 6. The fourth-order valence-corrected chi connectivity index (χ4v) is 3.10. The molecule has 0 spiro atoms. The lowest BCUT2D eigenvalue weighted by molar-refractivity contribution is -0.690. The van der Waals surface area contributed by atoms with E-state index in [2.05, 4.69) is 0 Å². The van der Waals surface area contributed by atoms with Gasteiger partial charge in [-0.2, -0.15) is 0 Å². The maximum atomic E-state index is 12.7. The van der Waals surface area contributed by atoms with Gasteiger partial charge in [0.2, 0.25) is 5.91 Å². The third-order valence-corrected chi connectivity index (χ3v) is 4.62. The maximum Gasteiger partial charge on any atom is 0.338 e. The van der Waals surface area contributed by atoms with Gasteiger partial charge >= 0.3 is 5.97 Å². The van der Waals surface area contributed by atoms with Crippen molar-refractivity contribution < 1.29 is 24.4 Å². The molecule has 6 nitrogen and oxygen atoms in total. The number of benzene rings is 2. The Balaban J connectivity index is 1.66. The van der Waals surface area contributed by atoms with Gasteiger partial charge in [0.1, 0.15) is 6.54 Å². The van der Waals surface area contributed by atoms with E-state index in [-0.39, 0.29) is 24.8 Å². The van der Waals surface area contributed by atoms with Gasteiger partial charge in [-0.25, -0.2) is 9.69 Å². The molecular formula is C20H20ClN2O4+. The van der Waals surface area contributed by atoms with Crippen molar-refractivity contribution in [1.29, 1.82) is 0 Å². The van der Waals surface area contributed by atoms with Crippen molar-refractivity contribution in [3.8, 4) is 0 Å². The van der Waals surface area contributed by atoms with Crippen molar-refractivity contribution in [2.24, 2.45) is 0 Å². The molecule has 1 heterocycles. The smallest absolute Gasteiger partial charge is 0.338 e. The highest BCUT2D eigenvalue weighted by atomic mass is 35.5. The molecular weight excluding hydrogens is 368 g/mol. The summed E-state index contributed by atoms with van der Waals surface area (Å²) < 4.78 is 4.93. The number of carbonyl (C=O) groups is 3. The molecule has 3 rings (SSSR count). The number of hydrogen-bond donors (Lipinski definition) is 1. The lowest BCUT2D eigenvalue weighted by Crippen LogP contribution is -2.90. The monoisotopic (exact) mass is 387 g/mol. The Kier molecular flexibility index (Phi) is 5.88. The van der Waals surface area contributed by atoms with Gasteiger partial charge in [0.25, 0.3) is 5.91 Å². The molecule has 27 heavy (non-hydrogen) atoms. The number of imide groups is 1. The quantitative estimate of drug-likeness (QED) is 0.606. The Morgan fingerprint density at radius 1 is 1.15 bits per heavy atom. The first-order chi connectivity index (χ1) is 13.0. The predicted octanol–water partition coefficient (Wildman–Crippen LogP) is 1.91. The van der Waals surface area contributed by atoms with E-state index < -0.39 is 12.0 Å². The van der Waals surface area contributed by atoms with Crippen molar-refractivity contribution in [2.75, 3.05) is 11.5 Å². The average molecular weight is 388 g/mol. The molecule has 2 aromatic carbocycles. The molecule has 1 fully saturated rings. The second kappa shape index (κ2) is 8.33. The summed E-state index contributed by atoms with van der Waals surface area (Å²) in [5, 5.41) is 2.51. The summed E-state index contributed by atoms with van der Waals surface area (Å²) in [7, 11) is 0. The van der Waals surface area contributed by atoms with E-state index in [0.29, 0.717) is 22.8 Å². The number of carbonyl (C=O) groups excluding carboxylic acids is 3. The normalized spacial score (nSPS) is 16.7. The lowest BCUT2D eigenvalue weighted by atomic mass is 10.2. The molecule has 2 N–H and O–H groups in total. The number of amides is 2. The first-order valence-corrected chi connectivity index (χ1v) is 9.09. The van der Waals surface area contributed by atoms with Crippen molar-refractivity contribution in [3.63, 3.8) is 0 Å². The van der Waals surface area contributed by atoms with Crippen molar-refractivity contribution in [1.82, 2.24) is 0 Å². The van der Waals surface area contributed by atoms with Crippen LogP contribution in [0.2, 0.25) is 5.02 Å². The SMILES string of the molecule is CCOC(=O)c1ccc(N2C(=O)C[C@@H]([NH2+]Cc3ccc(Cl)cc3)C2=O)cc1. The third kappa shape index (κ3) is 4.35. The van der Waals surface area contributed by atoms with Crippen molar-refractivity contribution in [3.05, 3.63) is 64.7 Å². The summed E-state index contributed by atoms with van der Waals surface area (Å²) >= 11 is 5.87. The number of ether oxygens (including phenoxy) is 1. The molecule has 0 unspecified atom stereocenters. The van der Waals surface area contributed by atoms with Crippen LogP contribution in [-0.4, -0.2) is 30.4 Å². The predicted molar refractivity (Wildman–Crippen MR) is 100 cm³/mol. The highest BCUT2D eigenvalue weighted by Gasteiger charge is 2.42. The number of anilines is 1. The van der Waals surface area contributed by atoms with Gasteiger partial charge in [0.15, 0.2) is 6.04 Å². The highest BCUT2D eigenvalue weighted by Crippen LogP contribution is 2.22. The number of halogens is 1. The largest absolute Gasteiger partial charge is 0.462 e. The number of nitrogens with zero attached hydrogens (tertiary/aromatic N) is 1. The third-order valence-electron chi connectivity index (χ3n) is 4.37. The molecule has 2 amide bonds. The van der Waals surface area contributed by atoms with Crippen LogP contribution in [0.3, 0.4) is 0 Å². The average Bonchev–Trinajstić information content (AvgIpc) is 2.95. The fraction of sp³-hybridized carbons (Fsp3) is 0.250. The van der Waals surface area contributed by atoms with Crippen LogP contribution in [-0.2, 0) is 20.9 Å². The van der Waals surface area contributed by atoms with E-state index in [1.165, 1.54) is 4.90 Å². The molecule has 0 radical (unpaired) electrons. The number of esters is 1. The van der Waals surface area contributed by atoms with Gasteiger partial charge in [-0.1, -0.05) is 23.7 Å². The second-order valence-corrected chi connectivity index (χ2v) is 6.65. The molecule has 1 aliphatic heterocycles. The molecule has 0 aromatic heterocycles. The summed E-state index contributed by atoms with van der Waals surface area (Å²) in [5.41, 5.74) is 1.86. The zero-order valence-corrected chi connectivity index (χ0v) is 15.6. The second-order valence-electron chi connectivity index (χ2n) is 6.21. The van der Waals surface area contributed by atoms with E-state index in [0.717, 1.165) is 5.56 Å². The van der Waals surface area contributed by atoms with Gasteiger partial charge in [0, 0.05) is 10.6 Å². The molecule has 1 aliphatic rings. The summed E-state index contributed by atoms with van der Waals surface area (Å²) in [6, 6.07) is 13.2. The van der Waals surface area contributed by atoms with E-state index in [1.54, 1.807) is 43.3 Å². The molecule has 140 valence electrons. The molecule has 0 aliphatic carbocycles. The molecule has 0 saturated carbocycles. The number of nitrogens with two attached hydrogens (primary N) is 1.